The Kier molecular flexibility index (Phi) is 16.5. The van der Waals surface area contributed by atoms with Crippen LogP contribution >= 0.6 is 0 Å². The zero-order chi connectivity index (χ0) is 57.4. The molecule has 0 amide bonds. The van der Waals surface area contributed by atoms with Crippen LogP contribution in [0.5, 0.6) is 5.75 Å². The molecule has 2 bridgehead atoms. The fourth-order valence-corrected chi connectivity index (χ4v) is 16.0. The monoisotopic (exact) mass is 1120 g/mol. The number of hydrogen-bond acceptors (Lipinski definition) is 12. The first-order valence-corrected chi connectivity index (χ1v) is 30.4. The van der Waals surface area contributed by atoms with E-state index < -0.39 is 54.7 Å². The van der Waals surface area contributed by atoms with Gasteiger partial charge in [0.2, 0.25) is 0 Å². The summed E-state index contributed by atoms with van der Waals surface area (Å²) in [4.78, 5) is 45.7. The van der Waals surface area contributed by atoms with Crippen LogP contribution < -0.4 is 10.4 Å². The van der Waals surface area contributed by atoms with Crippen molar-refractivity contribution in [1.82, 2.24) is 0 Å². The summed E-state index contributed by atoms with van der Waals surface area (Å²) in [7, 11) is 0. The minimum Gasteiger partial charge on any atom is -0.483 e. The highest BCUT2D eigenvalue weighted by molar-refractivity contribution is 5.90. The second-order valence-corrected chi connectivity index (χ2v) is 24.8. The van der Waals surface area contributed by atoms with Gasteiger partial charge >= 0.3 is 17.6 Å². The molecular formula is C71H78O12. The van der Waals surface area contributed by atoms with Crippen LogP contribution in [0.4, 0.5) is 0 Å². The zero-order valence-corrected chi connectivity index (χ0v) is 47.8. The van der Waals surface area contributed by atoms with Crippen LogP contribution in [0.1, 0.15) is 183 Å². The summed E-state index contributed by atoms with van der Waals surface area (Å²) in [5.74, 6) is -1.61. The Morgan fingerprint density at radius 2 is 1.55 bits per heavy atom. The molecule has 83 heavy (non-hydrogen) atoms. The number of rotatable bonds is 12. The molecule has 13 rings (SSSR count). The van der Waals surface area contributed by atoms with Crippen molar-refractivity contribution in [3.8, 4) is 5.75 Å². The lowest BCUT2D eigenvalue weighted by Crippen LogP contribution is -2.58. The molecule has 0 spiro atoms. The molecule has 12 heteroatoms. The Morgan fingerprint density at radius 3 is 2.33 bits per heavy atom. The molecule has 4 heterocycles. The van der Waals surface area contributed by atoms with E-state index in [2.05, 4.69) is 109 Å². The van der Waals surface area contributed by atoms with E-state index in [1.54, 1.807) is 19.1 Å². The van der Waals surface area contributed by atoms with Crippen LogP contribution in [0.3, 0.4) is 0 Å². The summed E-state index contributed by atoms with van der Waals surface area (Å²) in [6, 6.07) is 40.7. The number of fused-ring (bicyclic) bond motifs is 14. The number of carbonyl (C=O) groups excluding carboxylic acids is 2. The van der Waals surface area contributed by atoms with Gasteiger partial charge in [-0.2, -0.15) is 0 Å². The molecule has 4 N–H and O–H groups in total. The standard InChI is InChI=1S/C71H78O12/c1-43(39-73)55-26-20-44-18-21-46(22-19-44)56-27-25-48(47-13-11-16-53(35-47)71(31-9-4-10-32-71)52-14-5-3-6-15-52)34-51(56)37-62(76)80-66-64-61(29-28-58-60(40-74)63(69(78)81-65(58)64)50(30-33-72)41-79-42-75)83-70(2,67(66)82-68(55)77)54-36-49-24-23-45-12-7-8-17-57(45)59(49)38-54/h3,5-8,11-19,21-24,28-29,35,48-51,54,56,59,66-67,72-75H,4,9-10,20,25-27,30-34,36-42H2,1-2H3/b55-43-/t48-,49-,50+,51-,54-,56-,59+,66+,67-,70-/m0/s1. The van der Waals surface area contributed by atoms with Crippen molar-refractivity contribution in [2.75, 3.05) is 26.6 Å². The van der Waals surface area contributed by atoms with Gasteiger partial charge in [0.25, 0.3) is 0 Å². The molecular weight excluding hydrogens is 1040 g/mol. The number of allylic oxidation sites excluding steroid dienone is 1. The van der Waals surface area contributed by atoms with E-state index in [9.17, 15) is 25.2 Å². The molecule has 7 aliphatic rings. The fraction of sp³-hybridized carbons (Fsp3) is 0.451. The quantitative estimate of drug-likeness (QED) is 0.0394. The van der Waals surface area contributed by atoms with Gasteiger partial charge in [0.15, 0.2) is 12.2 Å². The van der Waals surface area contributed by atoms with Gasteiger partial charge in [-0.3, -0.25) is 4.79 Å². The first kappa shape index (κ1) is 56.8. The third kappa shape index (κ3) is 10.7. The van der Waals surface area contributed by atoms with E-state index in [1.165, 1.54) is 41.5 Å². The predicted molar refractivity (Wildman–Crippen MR) is 317 cm³/mol. The van der Waals surface area contributed by atoms with Gasteiger partial charge in [0, 0.05) is 46.8 Å². The highest BCUT2D eigenvalue weighted by atomic mass is 16.6. The molecule has 0 radical (unpaired) electrons. The molecule has 0 saturated heterocycles. The number of aliphatic hydroxyl groups excluding tert-OH is 4. The average Bonchev–Trinajstić information content (AvgIpc) is 2.34. The van der Waals surface area contributed by atoms with E-state index in [-0.39, 0.29) is 108 Å². The zero-order valence-electron chi connectivity index (χ0n) is 47.8. The molecule has 12 nitrogen and oxygen atoms in total. The van der Waals surface area contributed by atoms with E-state index in [1.807, 2.05) is 13.0 Å². The summed E-state index contributed by atoms with van der Waals surface area (Å²) >= 11 is 0. The lowest BCUT2D eigenvalue weighted by atomic mass is 9.64. The minimum atomic E-state index is -1.39. The van der Waals surface area contributed by atoms with E-state index >= 15 is 9.59 Å². The summed E-state index contributed by atoms with van der Waals surface area (Å²) < 4.78 is 33.2. The van der Waals surface area contributed by atoms with Gasteiger partial charge < -0.3 is 43.8 Å². The van der Waals surface area contributed by atoms with E-state index in [0.717, 1.165) is 48.8 Å². The van der Waals surface area contributed by atoms with Gasteiger partial charge in [0.05, 0.1) is 25.4 Å². The number of benzene rings is 5. The van der Waals surface area contributed by atoms with Gasteiger partial charge in [0.1, 0.15) is 23.7 Å². The summed E-state index contributed by atoms with van der Waals surface area (Å²) in [6.45, 7) is 1.62. The molecule has 434 valence electrons. The van der Waals surface area contributed by atoms with Crippen LogP contribution in [-0.4, -0.2) is 70.7 Å². The summed E-state index contributed by atoms with van der Waals surface area (Å²) in [6.07, 6.45) is 12.3. The maximum absolute atomic E-state index is 15.7. The largest absolute Gasteiger partial charge is 0.483 e. The molecule has 0 unspecified atom stereocenters. The van der Waals surface area contributed by atoms with Crippen molar-refractivity contribution >= 4 is 29.0 Å². The lowest BCUT2D eigenvalue weighted by molar-refractivity contribution is -0.199. The molecule has 3 fully saturated rings. The van der Waals surface area contributed by atoms with E-state index in [0.29, 0.717) is 35.8 Å². The van der Waals surface area contributed by atoms with Crippen LogP contribution in [0.15, 0.2) is 142 Å². The molecule has 3 saturated carbocycles. The number of esters is 2. The summed E-state index contributed by atoms with van der Waals surface area (Å²) in [5.41, 5.74) is 7.58. The first-order chi connectivity index (χ1) is 40.4. The van der Waals surface area contributed by atoms with Gasteiger partial charge in [-0.15, -0.1) is 0 Å². The second kappa shape index (κ2) is 24.1. The third-order valence-electron chi connectivity index (χ3n) is 20.4. The Morgan fingerprint density at radius 1 is 0.771 bits per heavy atom. The SMILES string of the molecule is C/C(CO)=C1\CCc2ccc(cc2)[C@@H]2CC[C@H](c3cccc(C4(c5ccccc5)CCCCC4)c3)C[C@H]2CC(=O)O[C@@H]2c3c(ccc4c(CO)c([C@H](CCO)COCO)c(=O)oc34)O[C@@](C)([C@H]3C[C@@H]4C=Cc5ccccc5[C@@H]4C3)[C@H]2OC1=O. The Hall–Kier alpha value is -6.67. The first-order valence-electron chi connectivity index (χ1n) is 30.4. The van der Waals surface area contributed by atoms with Crippen molar-refractivity contribution in [2.45, 2.75) is 157 Å². The Labute approximate surface area is 486 Å². The Bertz CT molecular complexity index is 3460. The van der Waals surface area contributed by atoms with Crippen LogP contribution in [0.2, 0.25) is 0 Å². The van der Waals surface area contributed by atoms with Crippen LogP contribution in [0, 0.1) is 17.8 Å². The highest BCUT2D eigenvalue weighted by Crippen LogP contribution is 2.58. The number of carbonyl (C=O) groups is 2. The van der Waals surface area contributed by atoms with Crippen molar-refractivity contribution in [3.63, 3.8) is 0 Å². The number of ether oxygens (including phenoxy) is 4. The molecule has 6 aromatic rings. The van der Waals surface area contributed by atoms with Crippen molar-refractivity contribution in [1.29, 1.82) is 0 Å². The molecule has 1 aromatic heterocycles. The van der Waals surface area contributed by atoms with Crippen molar-refractivity contribution in [2.24, 2.45) is 17.8 Å². The number of hydrogen-bond donors (Lipinski definition) is 4. The normalized spacial score (nSPS) is 27.7. The molecule has 4 aliphatic carbocycles. The Balaban J connectivity index is 0.990. The highest BCUT2D eigenvalue weighted by Gasteiger charge is 2.59. The predicted octanol–water partition coefficient (Wildman–Crippen LogP) is 12.5. The summed E-state index contributed by atoms with van der Waals surface area (Å²) in [5, 5.41) is 42.1. The van der Waals surface area contributed by atoms with Crippen molar-refractivity contribution < 1.29 is 53.4 Å². The van der Waals surface area contributed by atoms with Gasteiger partial charge in [-0.25, -0.2) is 9.59 Å². The van der Waals surface area contributed by atoms with Gasteiger partial charge in [-0.1, -0.05) is 135 Å². The maximum atomic E-state index is 15.7. The molecule has 5 aromatic carbocycles. The number of aryl methyl sites for hydroxylation is 1. The smallest absolute Gasteiger partial charge is 0.340 e. The second-order valence-electron chi connectivity index (χ2n) is 24.8. The van der Waals surface area contributed by atoms with Gasteiger partial charge in [-0.05, 0) is 170 Å². The third-order valence-corrected chi connectivity index (χ3v) is 20.4. The average molecular weight is 1120 g/mol. The minimum absolute atomic E-state index is 0.00181. The van der Waals surface area contributed by atoms with Crippen molar-refractivity contribution in [3.05, 3.63) is 199 Å². The molecule has 3 aliphatic heterocycles. The van der Waals surface area contributed by atoms with E-state index in [4.69, 9.17) is 23.4 Å². The van der Waals surface area contributed by atoms with Crippen LogP contribution in [0.25, 0.3) is 17.0 Å². The number of aliphatic hydroxyl groups is 4. The topological polar surface area (TPSA) is 182 Å². The maximum Gasteiger partial charge on any atom is 0.340 e. The van der Waals surface area contributed by atoms with Crippen LogP contribution in [-0.2, 0) is 42.2 Å². The fourth-order valence-electron chi connectivity index (χ4n) is 16.0. The molecule has 10 atom stereocenters. The lowest BCUT2D eigenvalue weighted by Gasteiger charge is -2.48.